The molecule has 0 unspecified atom stereocenters. The van der Waals surface area contributed by atoms with Gasteiger partial charge in [-0.3, -0.25) is 19.6 Å². The minimum absolute atomic E-state index is 0.135. The number of carboxylic acids is 1. The van der Waals surface area contributed by atoms with E-state index in [4.69, 9.17) is 16.7 Å². The van der Waals surface area contributed by atoms with Crippen molar-refractivity contribution in [2.45, 2.75) is 11.4 Å². The van der Waals surface area contributed by atoms with Gasteiger partial charge in [-0.05, 0) is 30.3 Å². The molecule has 150 valence electrons. The van der Waals surface area contributed by atoms with Crippen LogP contribution in [0.3, 0.4) is 0 Å². The topological polar surface area (TPSA) is 147 Å². The van der Waals surface area contributed by atoms with Crippen molar-refractivity contribution in [2.75, 3.05) is 0 Å². The molecule has 0 fully saturated rings. The van der Waals surface area contributed by atoms with Gasteiger partial charge in [-0.25, -0.2) is 18.2 Å². The molecule has 1 aromatic heterocycles. The first-order chi connectivity index (χ1) is 13.7. The minimum Gasteiger partial charge on any atom is -0.478 e. The van der Waals surface area contributed by atoms with Crippen LogP contribution in [0.25, 0.3) is 11.0 Å². The van der Waals surface area contributed by atoms with Gasteiger partial charge in [0.25, 0.3) is 21.5 Å². The molecular weight excluding hydrogens is 424 g/mol. The summed E-state index contributed by atoms with van der Waals surface area (Å²) >= 11 is 5.72. The fraction of sp³-hybridized carbons (Fsp3) is 0.0588. The number of aromatic nitrogens is 2. The summed E-state index contributed by atoms with van der Waals surface area (Å²) in [6.45, 7) is -0.467. The first kappa shape index (κ1) is 20.5. The molecular formula is C17H13ClN4O6S. The molecule has 1 amide bonds. The zero-order chi connectivity index (χ0) is 21.2. The Kier molecular flexibility index (Phi) is 5.64. The fourth-order valence-corrected chi connectivity index (χ4v) is 3.56. The summed E-state index contributed by atoms with van der Waals surface area (Å²) in [4.78, 5) is 40.7. The number of carboxylic acid groups (broad SMARTS) is 1. The van der Waals surface area contributed by atoms with E-state index in [-0.39, 0.29) is 5.02 Å². The molecule has 12 heteroatoms. The van der Waals surface area contributed by atoms with E-state index >= 15 is 0 Å². The lowest BCUT2D eigenvalue weighted by atomic mass is 10.2. The van der Waals surface area contributed by atoms with Gasteiger partial charge < -0.3 is 5.11 Å². The number of halogens is 1. The summed E-state index contributed by atoms with van der Waals surface area (Å²) in [6, 6.07) is 9.71. The number of sulfonamides is 1. The summed E-state index contributed by atoms with van der Waals surface area (Å²) in [6.07, 6.45) is 1.06. The van der Waals surface area contributed by atoms with Crippen LogP contribution in [0, 0.1) is 0 Å². The van der Waals surface area contributed by atoms with Gasteiger partial charge in [0.2, 0.25) is 0 Å². The Bertz CT molecular complexity index is 1290. The number of hydrazine groups is 1. The van der Waals surface area contributed by atoms with Crippen LogP contribution in [0.2, 0.25) is 5.02 Å². The maximum Gasteiger partial charge on any atom is 0.337 e. The van der Waals surface area contributed by atoms with Crippen molar-refractivity contribution in [3.8, 4) is 0 Å². The molecule has 3 rings (SSSR count). The molecule has 10 nitrogen and oxygen atoms in total. The number of hydrogen-bond acceptors (Lipinski definition) is 6. The number of fused-ring (bicyclic) bond motifs is 1. The van der Waals surface area contributed by atoms with Crippen molar-refractivity contribution in [1.29, 1.82) is 0 Å². The third-order valence-corrected chi connectivity index (χ3v) is 5.43. The number of nitrogens with zero attached hydrogens (tertiary/aromatic N) is 2. The summed E-state index contributed by atoms with van der Waals surface area (Å²) < 4.78 is 25.8. The van der Waals surface area contributed by atoms with E-state index in [0.29, 0.717) is 11.0 Å². The molecule has 29 heavy (non-hydrogen) atoms. The minimum atomic E-state index is -4.28. The van der Waals surface area contributed by atoms with E-state index in [1.165, 1.54) is 0 Å². The normalized spacial score (nSPS) is 11.3. The van der Waals surface area contributed by atoms with E-state index < -0.39 is 44.5 Å². The third kappa shape index (κ3) is 4.42. The second kappa shape index (κ2) is 7.99. The van der Waals surface area contributed by atoms with Gasteiger partial charge in [0.1, 0.15) is 6.54 Å². The predicted molar refractivity (Wildman–Crippen MR) is 103 cm³/mol. The number of para-hydroxylation sites is 2. The van der Waals surface area contributed by atoms with Crippen LogP contribution >= 0.6 is 11.6 Å². The van der Waals surface area contributed by atoms with Crippen LogP contribution < -0.4 is 15.8 Å². The van der Waals surface area contributed by atoms with Gasteiger partial charge in [-0.1, -0.05) is 23.7 Å². The van der Waals surface area contributed by atoms with Gasteiger partial charge in [-0.2, -0.15) is 0 Å². The zero-order valence-electron chi connectivity index (χ0n) is 14.5. The SMILES string of the molecule is O=C(Cn1c(=O)cnc2ccccc21)NNS(=O)(=O)c1ccc(Cl)c(C(=O)O)c1. The predicted octanol–water partition coefficient (Wildman–Crippen LogP) is 0.758. The Hall–Kier alpha value is -3.28. The van der Waals surface area contributed by atoms with Crippen LogP contribution in [-0.2, 0) is 21.4 Å². The molecule has 1 heterocycles. The molecule has 0 aliphatic carbocycles. The maximum absolute atomic E-state index is 12.3. The zero-order valence-corrected chi connectivity index (χ0v) is 16.1. The van der Waals surface area contributed by atoms with Crippen LogP contribution in [0.5, 0.6) is 0 Å². The highest BCUT2D eigenvalue weighted by molar-refractivity contribution is 7.89. The quantitative estimate of drug-likeness (QED) is 0.483. The summed E-state index contributed by atoms with van der Waals surface area (Å²) in [5.41, 5.74) is 1.94. The maximum atomic E-state index is 12.3. The van der Waals surface area contributed by atoms with Crippen LogP contribution in [-0.4, -0.2) is 35.0 Å². The molecule has 0 aliphatic heterocycles. The van der Waals surface area contributed by atoms with Gasteiger partial charge in [-0.15, -0.1) is 4.83 Å². The van der Waals surface area contributed by atoms with Gasteiger partial charge in [0, 0.05) is 0 Å². The number of rotatable bonds is 6. The van der Waals surface area contributed by atoms with Gasteiger partial charge in [0.05, 0.1) is 32.7 Å². The summed E-state index contributed by atoms with van der Waals surface area (Å²) in [5, 5.41) is 8.91. The number of carbonyl (C=O) groups excluding carboxylic acids is 1. The highest BCUT2D eigenvalue weighted by Gasteiger charge is 2.19. The Morgan fingerprint density at radius 3 is 2.62 bits per heavy atom. The molecule has 3 N–H and O–H groups in total. The van der Waals surface area contributed by atoms with E-state index in [1.54, 1.807) is 24.3 Å². The Labute approximate surface area is 168 Å². The van der Waals surface area contributed by atoms with Crippen molar-refractivity contribution < 1.29 is 23.1 Å². The fourth-order valence-electron chi connectivity index (χ4n) is 2.48. The van der Waals surface area contributed by atoms with Gasteiger partial charge >= 0.3 is 5.97 Å². The van der Waals surface area contributed by atoms with Crippen molar-refractivity contribution in [2.24, 2.45) is 0 Å². The Morgan fingerprint density at radius 2 is 1.90 bits per heavy atom. The molecule has 0 saturated carbocycles. The number of aromatic carboxylic acids is 1. The third-order valence-electron chi connectivity index (χ3n) is 3.86. The van der Waals surface area contributed by atoms with Crippen LogP contribution in [0.1, 0.15) is 10.4 Å². The molecule has 0 spiro atoms. The molecule has 0 saturated heterocycles. The van der Waals surface area contributed by atoms with E-state index in [2.05, 4.69) is 4.98 Å². The lowest BCUT2D eigenvalue weighted by Crippen LogP contribution is -2.44. The van der Waals surface area contributed by atoms with Crippen molar-refractivity contribution in [3.05, 3.63) is 69.6 Å². The van der Waals surface area contributed by atoms with E-state index in [0.717, 1.165) is 29.0 Å². The lowest BCUT2D eigenvalue weighted by molar-refractivity contribution is -0.122. The number of nitrogens with one attached hydrogen (secondary N) is 2. The van der Waals surface area contributed by atoms with Crippen molar-refractivity contribution in [1.82, 2.24) is 19.8 Å². The summed E-state index contributed by atoms with van der Waals surface area (Å²) in [7, 11) is -4.28. The van der Waals surface area contributed by atoms with Crippen molar-refractivity contribution in [3.63, 3.8) is 0 Å². The van der Waals surface area contributed by atoms with Crippen molar-refractivity contribution >= 4 is 44.5 Å². The average molecular weight is 437 g/mol. The molecule has 0 atom stereocenters. The Balaban J connectivity index is 1.78. The second-order valence-corrected chi connectivity index (χ2v) is 7.86. The standard InChI is InChI=1S/C17H13ClN4O6S/c18-12-6-5-10(7-11(12)17(25)26)29(27,28)21-20-15(23)9-22-14-4-2-1-3-13(14)19-8-16(22)24/h1-8,21H,9H2,(H,20,23)(H,25,26). The number of carbonyl (C=O) groups is 2. The highest BCUT2D eigenvalue weighted by Crippen LogP contribution is 2.20. The van der Waals surface area contributed by atoms with Crippen LogP contribution in [0.4, 0.5) is 0 Å². The molecule has 0 radical (unpaired) electrons. The smallest absolute Gasteiger partial charge is 0.337 e. The lowest BCUT2D eigenvalue weighted by Gasteiger charge is -2.11. The number of hydrogen-bond donors (Lipinski definition) is 3. The summed E-state index contributed by atoms with van der Waals surface area (Å²) in [5.74, 6) is -2.22. The molecule has 0 aliphatic rings. The highest BCUT2D eigenvalue weighted by atomic mass is 35.5. The monoisotopic (exact) mass is 436 g/mol. The molecule has 3 aromatic rings. The number of amides is 1. The van der Waals surface area contributed by atoms with E-state index in [9.17, 15) is 22.8 Å². The largest absolute Gasteiger partial charge is 0.478 e. The Morgan fingerprint density at radius 1 is 1.17 bits per heavy atom. The second-order valence-electron chi connectivity index (χ2n) is 5.77. The first-order valence-electron chi connectivity index (χ1n) is 7.97. The molecule has 0 bridgehead atoms. The number of benzene rings is 2. The first-order valence-corrected chi connectivity index (χ1v) is 9.83. The average Bonchev–Trinajstić information content (AvgIpc) is 2.68. The van der Waals surface area contributed by atoms with E-state index in [1.807, 2.05) is 10.3 Å². The van der Waals surface area contributed by atoms with Crippen LogP contribution in [0.15, 0.2) is 58.4 Å². The molecule has 2 aromatic carbocycles. The van der Waals surface area contributed by atoms with Gasteiger partial charge in [0.15, 0.2) is 0 Å².